The molecule has 1 heterocycles. The highest BCUT2D eigenvalue weighted by molar-refractivity contribution is 6.48. The molecule has 1 aromatic carbocycles. The van der Waals surface area contributed by atoms with Crippen molar-refractivity contribution in [1.82, 2.24) is 4.98 Å². The number of aryl methyl sites for hydroxylation is 1. The Bertz CT molecular complexity index is 468. The minimum atomic E-state index is 0.822. The molecule has 0 fully saturated rings. The van der Waals surface area contributed by atoms with Crippen LogP contribution in [0, 0.1) is 6.92 Å². The number of nitrogens with zero attached hydrogens (tertiary/aromatic N) is 1. The summed E-state index contributed by atoms with van der Waals surface area (Å²) in [6, 6.07) is 7.93. The highest BCUT2D eigenvalue weighted by atomic mass is 35.5. The van der Waals surface area contributed by atoms with Gasteiger partial charge in [0, 0.05) is 16.1 Å². The third-order valence-electron chi connectivity index (χ3n) is 2.30. The van der Waals surface area contributed by atoms with E-state index in [4.69, 9.17) is 11.6 Å². The second kappa shape index (κ2) is 3.04. The lowest BCUT2D eigenvalue weighted by Crippen LogP contribution is -2.11. The van der Waals surface area contributed by atoms with Crippen molar-refractivity contribution in [1.29, 1.82) is 0 Å². The molecule has 0 aliphatic heterocycles. The van der Waals surface area contributed by atoms with Gasteiger partial charge in [-0.15, -0.1) is 0 Å². The van der Waals surface area contributed by atoms with Crippen molar-refractivity contribution >= 4 is 35.8 Å². The lowest BCUT2D eigenvalue weighted by Gasteiger charge is -2.06. The lowest BCUT2D eigenvalue weighted by molar-refractivity contribution is 1.28. The largest absolute Gasteiger partial charge is 0.254 e. The second-order valence-electron chi connectivity index (χ2n) is 3.15. The summed E-state index contributed by atoms with van der Waals surface area (Å²) in [6.07, 6.45) is 0. The summed E-state index contributed by atoms with van der Waals surface area (Å²) < 4.78 is 0. The van der Waals surface area contributed by atoms with Gasteiger partial charge in [-0.3, -0.25) is 4.98 Å². The van der Waals surface area contributed by atoms with E-state index in [1.165, 1.54) is 0 Å². The van der Waals surface area contributed by atoms with Gasteiger partial charge in [0.2, 0.25) is 0 Å². The first-order chi connectivity index (χ1) is 6.20. The Balaban J connectivity index is 2.94. The molecule has 0 unspecified atom stereocenters. The van der Waals surface area contributed by atoms with Gasteiger partial charge in [-0.25, -0.2) is 0 Å². The standard InChI is InChI=1S/C10H9BClN/c1-6-9(11)10(12)7-4-2-3-5-8(7)13-6/h2-5H,11H2,1H3. The Hall–Kier alpha value is -1.02. The van der Waals surface area contributed by atoms with Crippen LogP contribution in [0.2, 0.25) is 5.02 Å². The third-order valence-corrected chi connectivity index (χ3v) is 2.79. The van der Waals surface area contributed by atoms with E-state index in [2.05, 4.69) is 4.98 Å². The number of hydrogen-bond donors (Lipinski definition) is 0. The maximum atomic E-state index is 6.19. The van der Waals surface area contributed by atoms with E-state index < -0.39 is 0 Å². The second-order valence-corrected chi connectivity index (χ2v) is 3.53. The molecule has 0 N–H and O–H groups in total. The predicted octanol–water partition coefficient (Wildman–Crippen LogP) is 1.46. The first-order valence-electron chi connectivity index (χ1n) is 4.21. The van der Waals surface area contributed by atoms with E-state index in [0.717, 1.165) is 27.1 Å². The monoisotopic (exact) mass is 189 g/mol. The lowest BCUT2D eigenvalue weighted by atomic mass is 9.93. The maximum absolute atomic E-state index is 6.19. The average molecular weight is 189 g/mol. The van der Waals surface area contributed by atoms with Crippen LogP contribution in [0.15, 0.2) is 24.3 Å². The molecule has 0 atom stereocenters. The molecule has 2 rings (SSSR count). The van der Waals surface area contributed by atoms with Gasteiger partial charge < -0.3 is 0 Å². The van der Waals surface area contributed by atoms with Gasteiger partial charge in [-0.2, -0.15) is 0 Å². The first-order valence-corrected chi connectivity index (χ1v) is 4.59. The Morgan fingerprint density at radius 1 is 1.31 bits per heavy atom. The highest BCUT2D eigenvalue weighted by Gasteiger charge is 2.05. The zero-order valence-corrected chi connectivity index (χ0v) is 8.39. The minimum Gasteiger partial charge on any atom is -0.254 e. The van der Waals surface area contributed by atoms with Crippen LogP contribution in [0.4, 0.5) is 0 Å². The SMILES string of the molecule is Bc1c(C)nc2ccccc2c1Cl. The molecule has 0 spiro atoms. The molecule has 3 heteroatoms. The molecule has 0 bridgehead atoms. The maximum Gasteiger partial charge on any atom is 0.143 e. The van der Waals surface area contributed by atoms with E-state index in [9.17, 15) is 0 Å². The minimum absolute atomic E-state index is 0.822. The summed E-state index contributed by atoms with van der Waals surface area (Å²) in [4.78, 5) is 4.45. The molecule has 1 aromatic heterocycles. The van der Waals surface area contributed by atoms with Gasteiger partial charge in [0.05, 0.1) is 5.52 Å². The molecule has 0 amide bonds. The van der Waals surface area contributed by atoms with E-state index in [-0.39, 0.29) is 0 Å². The number of fused-ring (bicyclic) bond motifs is 1. The Morgan fingerprint density at radius 2 is 2.00 bits per heavy atom. The van der Waals surface area contributed by atoms with Crippen molar-refractivity contribution in [2.24, 2.45) is 0 Å². The summed E-state index contributed by atoms with van der Waals surface area (Å²) in [5.41, 5.74) is 3.04. The van der Waals surface area contributed by atoms with Crippen molar-refractivity contribution in [3.05, 3.63) is 35.0 Å². The van der Waals surface area contributed by atoms with Crippen molar-refractivity contribution in [3.8, 4) is 0 Å². The molecule has 64 valence electrons. The predicted molar refractivity (Wildman–Crippen MR) is 59.7 cm³/mol. The zero-order chi connectivity index (χ0) is 9.42. The van der Waals surface area contributed by atoms with Gasteiger partial charge in [0.15, 0.2) is 0 Å². The van der Waals surface area contributed by atoms with Gasteiger partial charge in [0.25, 0.3) is 0 Å². The fourth-order valence-electron chi connectivity index (χ4n) is 1.38. The summed E-state index contributed by atoms with van der Waals surface area (Å²) in [7, 11) is 2.00. The van der Waals surface area contributed by atoms with Crippen molar-refractivity contribution in [2.75, 3.05) is 0 Å². The van der Waals surface area contributed by atoms with E-state index in [1.54, 1.807) is 0 Å². The Kier molecular flexibility index (Phi) is 2.00. The van der Waals surface area contributed by atoms with E-state index in [0.29, 0.717) is 0 Å². The van der Waals surface area contributed by atoms with Crippen LogP contribution in [-0.4, -0.2) is 12.8 Å². The van der Waals surface area contributed by atoms with Crippen LogP contribution in [0.25, 0.3) is 10.9 Å². The molecular weight excluding hydrogens is 180 g/mol. The van der Waals surface area contributed by atoms with Crippen molar-refractivity contribution in [2.45, 2.75) is 6.92 Å². The number of halogens is 1. The normalized spacial score (nSPS) is 10.6. The number of rotatable bonds is 0. The van der Waals surface area contributed by atoms with Crippen LogP contribution >= 0.6 is 11.6 Å². The summed E-state index contributed by atoms with van der Waals surface area (Å²) in [5.74, 6) is 0. The molecule has 0 aliphatic rings. The van der Waals surface area contributed by atoms with Crippen molar-refractivity contribution < 1.29 is 0 Å². The quantitative estimate of drug-likeness (QED) is 0.572. The fourth-order valence-corrected chi connectivity index (χ4v) is 1.68. The first kappa shape index (κ1) is 8.58. The number of para-hydroxylation sites is 1. The van der Waals surface area contributed by atoms with E-state index >= 15 is 0 Å². The Morgan fingerprint density at radius 3 is 2.77 bits per heavy atom. The van der Waals surface area contributed by atoms with Crippen LogP contribution in [-0.2, 0) is 0 Å². The molecule has 1 nitrogen and oxygen atoms in total. The van der Waals surface area contributed by atoms with Gasteiger partial charge >= 0.3 is 0 Å². The topological polar surface area (TPSA) is 12.9 Å². The van der Waals surface area contributed by atoms with Crippen LogP contribution in [0.1, 0.15) is 5.69 Å². The van der Waals surface area contributed by atoms with Crippen molar-refractivity contribution in [3.63, 3.8) is 0 Å². The third kappa shape index (κ3) is 1.31. The smallest absolute Gasteiger partial charge is 0.143 e. The average Bonchev–Trinajstić information content (AvgIpc) is 2.15. The summed E-state index contributed by atoms with van der Waals surface area (Å²) >= 11 is 6.19. The molecule has 0 radical (unpaired) electrons. The van der Waals surface area contributed by atoms with Crippen LogP contribution < -0.4 is 5.46 Å². The molecule has 13 heavy (non-hydrogen) atoms. The zero-order valence-electron chi connectivity index (χ0n) is 7.63. The fraction of sp³-hybridized carbons (Fsp3) is 0.100. The summed E-state index contributed by atoms with van der Waals surface area (Å²) in [5, 5.41) is 1.86. The molecular formula is C10H9BClN. The molecule has 0 saturated heterocycles. The Labute approximate surface area is 83.2 Å². The number of aromatic nitrogens is 1. The molecule has 2 aromatic rings. The van der Waals surface area contributed by atoms with Gasteiger partial charge in [-0.05, 0) is 18.5 Å². The molecule has 0 aliphatic carbocycles. The summed E-state index contributed by atoms with van der Waals surface area (Å²) in [6.45, 7) is 1.98. The van der Waals surface area contributed by atoms with Crippen LogP contribution in [0.5, 0.6) is 0 Å². The number of hydrogen-bond acceptors (Lipinski definition) is 1. The van der Waals surface area contributed by atoms with Crippen LogP contribution in [0.3, 0.4) is 0 Å². The van der Waals surface area contributed by atoms with E-state index in [1.807, 2.05) is 39.0 Å². The number of pyridine rings is 1. The highest BCUT2D eigenvalue weighted by Crippen LogP contribution is 2.19. The van der Waals surface area contributed by atoms with Gasteiger partial charge in [-0.1, -0.05) is 29.8 Å². The molecule has 0 saturated carbocycles. The van der Waals surface area contributed by atoms with Gasteiger partial charge in [0.1, 0.15) is 7.85 Å². The number of benzene rings is 1.